The summed E-state index contributed by atoms with van der Waals surface area (Å²) in [6, 6.07) is 14.3. The summed E-state index contributed by atoms with van der Waals surface area (Å²) in [5, 5.41) is 9.50. The number of ether oxygens (including phenoxy) is 2. The van der Waals surface area contributed by atoms with Crippen molar-refractivity contribution in [2.24, 2.45) is 5.10 Å². The van der Waals surface area contributed by atoms with E-state index in [1.165, 1.54) is 9.91 Å². The highest BCUT2D eigenvalue weighted by Crippen LogP contribution is 2.34. The van der Waals surface area contributed by atoms with E-state index >= 15 is 0 Å². The molecule has 1 aliphatic heterocycles. The minimum absolute atomic E-state index is 0.117. The van der Waals surface area contributed by atoms with Crippen molar-refractivity contribution >= 4 is 29.3 Å². The number of rotatable bonds is 9. The van der Waals surface area contributed by atoms with Gasteiger partial charge in [0.25, 0.3) is 5.91 Å². The van der Waals surface area contributed by atoms with Gasteiger partial charge in [0.15, 0.2) is 0 Å². The zero-order valence-electron chi connectivity index (χ0n) is 19.1. The molecule has 0 saturated carbocycles. The second-order valence-corrected chi connectivity index (χ2v) is 7.97. The first-order valence-corrected chi connectivity index (χ1v) is 11.2. The summed E-state index contributed by atoms with van der Waals surface area (Å²) in [6.45, 7) is 2.79. The molecule has 33 heavy (non-hydrogen) atoms. The van der Waals surface area contributed by atoms with Crippen LogP contribution in [0.4, 0.5) is 4.79 Å². The molecule has 3 amide bonds. The predicted molar refractivity (Wildman–Crippen MR) is 128 cm³/mol. The first-order chi connectivity index (χ1) is 16.0. The SMILES string of the molecule is CCNC(=O)N(CCOC)CC(=O)N1N=C(c2cccc(OC)c2)CC1c1ccc(Cl)cc1. The van der Waals surface area contributed by atoms with Crippen molar-refractivity contribution in [2.45, 2.75) is 19.4 Å². The molecule has 1 N–H and O–H groups in total. The largest absolute Gasteiger partial charge is 0.497 e. The molecule has 2 aromatic carbocycles. The van der Waals surface area contributed by atoms with Gasteiger partial charge in [-0.2, -0.15) is 5.10 Å². The van der Waals surface area contributed by atoms with Gasteiger partial charge in [0.1, 0.15) is 12.3 Å². The average Bonchev–Trinajstić information content (AvgIpc) is 3.28. The van der Waals surface area contributed by atoms with Crippen molar-refractivity contribution in [2.75, 3.05) is 40.5 Å². The zero-order valence-corrected chi connectivity index (χ0v) is 19.8. The Bertz CT molecular complexity index is 996. The normalized spacial score (nSPS) is 15.2. The third-order valence-corrected chi connectivity index (χ3v) is 5.58. The first kappa shape index (κ1) is 24.5. The molecule has 0 spiro atoms. The van der Waals surface area contributed by atoms with Crippen LogP contribution in [0.2, 0.25) is 5.02 Å². The minimum Gasteiger partial charge on any atom is -0.497 e. The van der Waals surface area contributed by atoms with E-state index in [9.17, 15) is 9.59 Å². The van der Waals surface area contributed by atoms with Crippen LogP contribution in [0.3, 0.4) is 0 Å². The molecule has 9 heteroatoms. The molecule has 1 heterocycles. The number of hydrazone groups is 1. The van der Waals surface area contributed by atoms with E-state index in [0.29, 0.717) is 36.9 Å². The fourth-order valence-corrected chi connectivity index (χ4v) is 3.74. The lowest BCUT2D eigenvalue weighted by Crippen LogP contribution is -2.47. The molecular weight excluding hydrogens is 444 g/mol. The molecule has 0 aromatic heterocycles. The molecule has 1 unspecified atom stereocenters. The maximum Gasteiger partial charge on any atom is 0.317 e. The number of carbonyl (C=O) groups is 2. The number of carbonyl (C=O) groups excluding carboxylic acids is 2. The minimum atomic E-state index is -0.317. The van der Waals surface area contributed by atoms with Crippen LogP contribution in [0.5, 0.6) is 5.75 Å². The van der Waals surface area contributed by atoms with Crippen molar-refractivity contribution in [3.8, 4) is 5.75 Å². The number of nitrogens with one attached hydrogen (secondary N) is 1. The van der Waals surface area contributed by atoms with E-state index in [1.54, 1.807) is 26.4 Å². The third kappa shape index (κ3) is 6.24. The van der Waals surface area contributed by atoms with E-state index in [0.717, 1.165) is 16.8 Å². The van der Waals surface area contributed by atoms with Crippen molar-refractivity contribution < 1.29 is 19.1 Å². The Balaban J connectivity index is 1.90. The van der Waals surface area contributed by atoms with Crippen LogP contribution < -0.4 is 10.1 Å². The van der Waals surface area contributed by atoms with Crippen LogP contribution in [0.25, 0.3) is 0 Å². The molecule has 8 nitrogen and oxygen atoms in total. The Morgan fingerprint density at radius 3 is 2.64 bits per heavy atom. The van der Waals surface area contributed by atoms with Gasteiger partial charge in [-0.3, -0.25) is 4.79 Å². The standard InChI is InChI=1S/C24H29ClN4O4/c1-4-26-24(31)28(12-13-32-2)16-23(30)29-22(17-8-10-19(25)11-9-17)15-21(27-29)18-6-5-7-20(14-18)33-3/h5-11,14,22H,4,12-13,15-16H2,1-3H3,(H,26,31). The molecule has 0 radical (unpaired) electrons. The maximum absolute atomic E-state index is 13.4. The topological polar surface area (TPSA) is 83.5 Å². The number of urea groups is 1. The second kappa shape index (κ2) is 11.7. The Kier molecular flexibility index (Phi) is 8.68. The summed E-state index contributed by atoms with van der Waals surface area (Å²) < 4.78 is 10.4. The molecule has 0 fully saturated rings. The summed E-state index contributed by atoms with van der Waals surface area (Å²) in [5.41, 5.74) is 2.56. The summed E-state index contributed by atoms with van der Waals surface area (Å²) in [4.78, 5) is 27.3. The number of hydrogen-bond acceptors (Lipinski definition) is 5. The van der Waals surface area contributed by atoms with Crippen molar-refractivity contribution in [3.05, 3.63) is 64.7 Å². The van der Waals surface area contributed by atoms with Crippen LogP contribution in [-0.2, 0) is 9.53 Å². The van der Waals surface area contributed by atoms with Gasteiger partial charge in [-0.05, 0) is 36.8 Å². The van der Waals surface area contributed by atoms with Gasteiger partial charge in [0.2, 0.25) is 0 Å². The molecule has 0 bridgehead atoms. The van der Waals surface area contributed by atoms with Crippen LogP contribution >= 0.6 is 11.6 Å². The van der Waals surface area contributed by atoms with Gasteiger partial charge in [0.05, 0.1) is 25.5 Å². The summed E-state index contributed by atoms with van der Waals surface area (Å²) in [6.07, 6.45) is 0.528. The van der Waals surface area contributed by atoms with Crippen LogP contribution in [0.1, 0.15) is 30.5 Å². The molecular formula is C24H29ClN4O4. The molecule has 3 rings (SSSR count). The number of methoxy groups -OCH3 is 2. The molecule has 0 saturated heterocycles. The summed E-state index contributed by atoms with van der Waals surface area (Å²) >= 11 is 6.07. The third-order valence-electron chi connectivity index (χ3n) is 5.33. The Morgan fingerprint density at radius 1 is 1.21 bits per heavy atom. The van der Waals surface area contributed by atoms with E-state index in [4.69, 9.17) is 21.1 Å². The predicted octanol–water partition coefficient (Wildman–Crippen LogP) is 3.70. The van der Waals surface area contributed by atoms with Crippen molar-refractivity contribution in [1.29, 1.82) is 0 Å². The van der Waals surface area contributed by atoms with E-state index in [1.807, 2.05) is 43.3 Å². The molecule has 2 aromatic rings. The van der Waals surface area contributed by atoms with Crippen molar-refractivity contribution in [1.82, 2.24) is 15.2 Å². The lowest BCUT2D eigenvalue weighted by Gasteiger charge is -2.27. The lowest BCUT2D eigenvalue weighted by atomic mass is 9.98. The summed E-state index contributed by atoms with van der Waals surface area (Å²) in [7, 11) is 3.16. The molecule has 1 aliphatic rings. The van der Waals surface area contributed by atoms with Crippen LogP contribution in [0.15, 0.2) is 53.6 Å². The molecule has 1 atom stereocenters. The molecule has 0 aliphatic carbocycles. The van der Waals surface area contributed by atoms with Gasteiger partial charge in [-0.1, -0.05) is 35.9 Å². The Morgan fingerprint density at radius 2 is 1.97 bits per heavy atom. The van der Waals surface area contributed by atoms with Gasteiger partial charge in [0, 0.05) is 37.2 Å². The Labute approximate surface area is 199 Å². The monoisotopic (exact) mass is 472 g/mol. The van der Waals surface area contributed by atoms with Crippen molar-refractivity contribution in [3.63, 3.8) is 0 Å². The fourth-order valence-electron chi connectivity index (χ4n) is 3.61. The number of benzene rings is 2. The van der Waals surface area contributed by atoms with E-state index in [-0.39, 0.29) is 24.5 Å². The zero-order chi connectivity index (χ0) is 23.8. The highest BCUT2D eigenvalue weighted by Gasteiger charge is 2.34. The van der Waals surface area contributed by atoms with Gasteiger partial charge >= 0.3 is 6.03 Å². The molecule has 176 valence electrons. The first-order valence-electron chi connectivity index (χ1n) is 10.8. The van der Waals surface area contributed by atoms with E-state index < -0.39 is 0 Å². The summed E-state index contributed by atoms with van der Waals surface area (Å²) in [5.74, 6) is 0.431. The average molecular weight is 473 g/mol. The van der Waals surface area contributed by atoms with Crippen LogP contribution in [-0.4, -0.2) is 68.0 Å². The Hall–Kier alpha value is -3.10. The quantitative estimate of drug-likeness (QED) is 0.603. The maximum atomic E-state index is 13.4. The number of halogens is 1. The number of hydrogen-bond donors (Lipinski definition) is 1. The highest BCUT2D eigenvalue weighted by molar-refractivity contribution is 6.30. The second-order valence-electron chi connectivity index (χ2n) is 7.54. The number of amides is 3. The fraction of sp³-hybridized carbons (Fsp3) is 0.375. The highest BCUT2D eigenvalue weighted by atomic mass is 35.5. The van der Waals surface area contributed by atoms with Crippen LogP contribution in [0, 0.1) is 0 Å². The van der Waals surface area contributed by atoms with E-state index in [2.05, 4.69) is 10.4 Å². The van der Waals surface area contributed by atoms with Gasteiger partial charge < -0.3 is 19.7 Å². The van der Waals surface area contributed by atoms with Gasteiger partial charge in [-0.25, -0.2) is 9.80 Å². The number of nitrogens with zero attached hydrogens (tertiary/aromatic N) is 3. The van der Waals surface area contributed by atoms with Gasteiger partial charge in [-0.15, -0.1) is 0 Å². The lowest BCUT2D eigenvalue weighted by molar-refractivity contribution is -0.133. The smallest absolute Gasteiger partial charge is 0.317 e.